The van der Waals surface area contributed by atoms with E-state index in [9.17, 15) is 4.79 Å². The van der Waals surface area contributed by atoms with Gasteiger partial charge in [0.2, 0.25) is 0 Å². The van der Waals surface area contributed by atoms with Crippen LogP contribution in [0.1, 0.15) is 21.9 Å². The predicted octanol–water partition coefficient (Wildman–Crippen LogP) is 1.88. The zero-order chi connectivity index (χ0) is 15.0. The number of pyridine rings is 1. The van der Waals surface area contributed by atoms with E-state index in [1.807, 2.05) is 6.07 Å². The van der Waals surface area contributed by atoms with Gasteiger partial charge in [-0.1, -0.05) is 0 Å². The van der Waals surface area contributed by atoms with Crippen molar-refractivity contribution in [3.8, 4) is 6.07 Å². The normalized spacial score (nSPS) is 10.5. The zero-order valence-corrected chi connectivity index (χ0v) is 11.2. The molecule has 2 N–H and O–H groups in total. The van der Waals surface area contributed by atoms with Gasteiger partial charge in [0.15, 0.2) is 0 Å². The number of fused-ring (bicyclic) bond motifs is 1. The molecule has 3 rings (SSSR count). The number of nitrogens with two attached hydrogens (primary N) is 1. The number of benzene rings is 1. The molecular weight excluding hydrogens is 266 g/mol. The Morgan fingerprint density at radius 3 is 2.90 bits per heavy atom. The molecule has 21 heavy (non-hydrogen) atoms. The molecule has 0 fully saturated rings. The first-order valence-electron chi connectivity index (χ1n) is 6.25. The molecule has 0 aliphatic rings. The minimum absolute atomic E-state index is 0.197. The van der Waals surface area contributed by atoms with Crippen molar-refractivity contribution >= 4 is 22.6 Å². The van der Waals surface area contributed by atoms with Crippen LogP contribution in [-0.2, 0) is 0 Å². The molecule has 102 valence electrons. The third kappa shape index (κ3) is 2.11. The third-order valence-corrected chi connectivity index (χ3v) is 3.17. The summed E-state index contributed by atoms with van der Waals surface area (Å²) in [6.07, 6.45) is 1.44. The van der Waals surface area contributed by atoms with Gasteiger partial charge in [-0.05, 0) is 37.3 Å². The van der Waals surface area contributed by atoms with E-state index < -0.39 is 0 Å². The predicted molar refractivity (Wildman–Crippen MR) is 77.6 cm³/mol. The van der Waals surface area contributed by atoms with E-state index in [0.717, 1.165) is 0 Å². The molecule has 0 unspecified atom stereocenters. The maximum absolute atomic E-state index is 12.7. The lowest BCUT2D eigenvalue weighted by Gasteiger charge is -2.06. The fourth-order valence-electron chi connectivity index (χ4n) is 2.22. The van der Waals surface area contributed by atoms with Crippen LogP contribution >= 0.6 is 0 Å². The number of anilines is 1. The van der Waals surface area contributed by atoms with Gasteiger partial charge < -0.3 is 5.73 Å². The molecular formula is C15H11N5O. The molecule has 0 aliphatic heterocycles. The highest BCUT2D eigenvalue weighted by molar-refractivity contribution is 6.02. The number of nitriles is 1. The van der Waals surface area contributed by atoms with Crippen LogP contribution in [-0.4, -0.2) is 20.4 Å². The van der Waals surface area contributed by atoms with Crippen LogP contribution in [0.2, 0.25) is 0 Å². The van der Waals surface area contributed by atoms with Crippen LogP contribution in [0.5, 0.6) is 0 Å². The van der Waals surface area contributed by atoms with Gasteiger partial charge in [0, 0.05) is 17.4 Å². The second kappa shape index (κ2) is 4.72. The lowest BCUT2D eigenvalue weighted by molar-refractivity contribution is 0.0962. The highest BCUT2D eigenvalue weighted by Crippen LogP contribution is 2.20. The van der Waals surface area contributed by atoms with Gasteiger partial charge in [0.05, 0.1) is 11.0 Å². The standard InChI is InChI=1S/C15H11N5O/c1-9-19-13-3-2-11(17)7-14(13)20(9)15(21)10-4-5-18-12(6-10)8-16/h2-7H,17H2,1H3. The van der Waals surface area contributed by atoms with Crippen molar-refractivity contribution in [2.45, 2.75) is 6.92 Å². The molecule has 0 bridgehead atoms. The number of aryl methyl sites for hydroxylation is 1. The molecule has 0 amide bonds. The first-order chi connectivity index (χ1) is 10.1. The number of nitrogens with zero attached hydrogens (tertiary/aromatic N) is 4. The number of carbonyl (C=O) groups excluding carboxylic acids is 1. The lowest BCUT2D eigenvalue weighted by atomic mass is 10.2. The summed E-state index contributed by atoms with van der Waals surface area (Å²) in [4.78, 5) is 20.9. The molecule has 0 radical (unpaired) electrons. The first kappa shape index (κ1) is 12.8. The van der Waals surface area contributed by atoms with Crippen LogP contribution in [0, 0.1) is 18.3 Å². The van der Waals surface area contributed by atoms with Crippen LogP contribution in [0.3, 0.4) is 0 Å². The van der Waals surface area contributed by atoms with Crippen LogP contribution in [0.15, 0.2) is 36.5 Å². The summed E-state index contributed by atoms with van der Waals surface area (Å²) in [6, 6.07) is 10.2. The van der Waals surface area contributed by atoms with Crippen molar-refractivity contribution in [2.75, 3.05) is 5.73 Å². The van der Waals surface area contributed by atoms with Gasteiger partial charge in [0.25, 0.3) is 5.91 Å². The number of carbonyl (C=O) groups is 1. The van der Waals surface area contributed by atoms with Gasteiger partial charge in [-0.15, -0.1) is 0 Å². The fraction of sp³-hybridized carbons (Fsp3) is 0.0667. The largest absolute Gasteiger partial charge is 0.399 e. The van der Waals surface area contributed by atoms with Gasteiger partial charge in [0.1, 0.15) is 17.6 Å². The smallest absolute Gasteiger partial charge is 0.263 e. The minimum Gasteiger partial charge on any atom is -0.399 e. The van der Waals surface area contributed by atoms with Crippen molar-refractivity contribution in [3.63, 3.8) is 0 Å². The Balaban J connectivity index is 2.19. The minimum atomic E-state index is -0.264. The van der Waals surface area contributed by atoms with Crippen molar-refractivity contribution in [3.05, 3.63) is 53.6 Å². The molecule has 2 heterocycles. The molecule has 1 aromatic carbocycles. The van der Waals surface area contributed by atoms with E-state index >= 15 is 0 Å². The molecule has 0 saturated heterocycles. The monoisotopic (exact) mass is 277 g/mol. The first-order valence-corrected chi connectivity index (χ1v) is 6.25. The highest BCUT2D eigenvalue weighted by atomic mass is 16.2. The maximum atomic E-state index is 12.7. The topological polar surface area (TPSA) is 97.6 Å². The molecule has 2 aromatic heterocycles. The average molecular weight is 277 g/mol. The highest BCUT2D eigenvalue weighted by Gasteiger charge is 2.16. The number of imidazole rings is 1. The van der Waals surface area contributed by atoms with Gasteiger partial charge in [-0.2, -0.15) is 5.26 Å². The van der Waals surface area contributed by atoms with Crippen molar-refractivity contribution < 1.29 is 4.79 Å². The van der Waals surface area contributed by atoms with Crippen molar-refractivity contribution in [1.29, 1.82) is 5.26 Å². The second-order valence-electron chi connectivity index (χ2n) is 4.59. The summed E-state index contributed by atoms with van der Waals surface area (Å²) in [7, 11) is 0. The van der Waals surface area contributed by atoms with E-state index in [2.05, 4.69) is 9.97 Å². The summed E-state index contributed by atoms with van der Waals surface area (Å²) in [5.74, 6) is 0.301. The Bertz CT molecular complexity index is 904. The summed E-state index contributed by atoms with van der Waals surface area (Å²) in [5, 5.41) is 8.88. The molecule has 6 heteroatoms. The molecule has 0 spiro atoms. The van der Waals surface area contributed by atoms with Crippen LogP contribution in [0.25, 0.3) is 11.0 Å². The summed E-state index contributed by atoms with van der Waals surface area (Å²) in [6.45, 7) is 1.75. The van der Waals surface area contributed by atoms with E-state index in [1.165, 1.54) is 16.8 Å². The van der Waals surface area contributed by atoms with E-state index in [0.29, 0.717) is 28.1 Å². The van der Waals surface area contributed by atoms with Gasteiger partial charge in [-0.25, -0.2) is 9.97 Å². The number of nitrogen functional groups attached to an aromatic ring is 1. The van der Waals surface area contributed by atoms with E-state index in [-0.39, 0.29) is 11.6 Å². The van der Waals surface area contributed by atoms with Crippen molar-refractivity contribution in [1.82, 2.24) is 14.5 Å². The maximum Gasteiger partial charge on any atom is 0.263 e. The van der Waals surface area contributed by atoms with E-state index in [4.69, 9.17) is 11.0 Å². The average Bonchev–Trinajstić information content (AvgIpc) is 2.81. The van der Waals surface area contributed by atoms with Crippen molar-refractivity contribution in [2.24, 2.45) is 0 Å². The number of hydrogen-bond acceptors (Lipinski definition) is 5. The second-order valence-corrected chi connectivity index (χ2v) is 4.59. The molecule has 0 aliphatic carbocycles. The third-order valence-electron chi connectivity index (χ3n) is 3.17. The molecule has 3 aromatic rings. The molecule has 6 nitrogen and oxygen atoms in total. The SMILES string of the molecule is Cc1nc2ccc(N)cc2n1C(=O)c1ccnc(C#N)c1. The lowest BCUT2D eigenvalue weighted by Crippen LogP contribution is -2.14. The van der Waals surface area contributed by atoms with E-state index in [1.54, 1.807) is 31.2 Å². The van der Waals surface area contributed by atoms with Crippen LogP contribution < -0.4 is 5.73 Å². The number of aromatic nitrogens is 3. The Kier molecular flexibility index (Phi) is 2.88. The quantitative estimate of drug-likeness (QED) is 0.685. The Hall–Kier alpha value is -3.20. The summed E-state index contributed by atoms with van der Waals surface area (Å²) in [5.41, 5.74) is 8.26. The number of hydrogen-bond donors (Lipinski definition) is 1. The van der Waals surface area contributed by atoms with Gasteiger partial charge in [-0.3, -0.25) is 9.36 Å². The molecule has 0 atom stereocenters. The Morgan fingerprint density at radius 1 is 1.33 bits per heavy atom. The number of rotatable bonds is 1. The fourth-order valence-corrected chi connectivity index (χ4v) is 2.22. The Morgan fingerprint density at radius 2 is 2.14 bits per heavy atom. The van der Waals surface area contributed by atoms with Crippen LogP contribution in [0.4, 0.5) is 5.69 Å². The zero-order valence-electron chi connectivity index (χ0n) is 11.2. The Labute approximate surface area is 120 Å². The summed E-state index contributed by atoms with van der Waals surface area (Å²) < 4.78 is 1.49. The molecule has 0 saturated carbocycles. The summed E-state index contributed by atoms with van der Waals surface area (Å²) >= 11 is 0. The van der Waals surface area contributed by atoms with Gasteiger partial charge >= 0.3 is 0 Å².